The topological polar surface area (TPSA) is 116 Å². The second-order valence-electron chi connectivity index (χ2n) is 3.88. The Kier molecular flexibility index (Phi) is 2.47. The van der Waals surface area contributed by atoms with Gasteiger partial charge in [0.15, 0.2) is 5.65 Å². The van der Waals surface area contributed by atoms with Gasteiger partial charge < -0.3 is 11.1 Å². The summed E-state index contributed by atoms with van der Waals surface area (Å²) in [4.78, 5) is 8.16. The van der Waals surface area contributed by atoms with Crippen LogP contribution in [0.3, 0.4) is 0 Å². The maximum absolute atomic E-state index is 8.87. The number of nitrogens with zero attached hydrogens (tertiary/aromatic N) is 4. The Morgan fingerprint density at radius 3 is 3.05 bits per heavy atom. The largest absolute Gasteiger partial charge is 0.368 e. The molecule has 0 saturated heterocycles. The third-order valence-electron chi connectivity index (χ3n) is 2.58. The predicted molar refractivity (Wildman–Crippen MR) is 70.5 cm³/mol. The molecule has 0 atom stereocenters. The van der Waals surface area contributed by atoms with E-state index < -0.39 is 0 Å². The summed E-state index contributed by atoms with van der Waals surface area (Å²) >= 11 is 0. The number of rotatable bonds is 2. The van der Waals surface area contributed by atoms with E-state index in [-0.39, 0.29) is 5.95 Å². The lowest BCUT2D eigenvalue weighted by atomic mass is 10.2. The van der Waals surface area contributed by atoms with Crippen molar-refractivity contribution in [2.24, 2.45) is 0 Å². The van der Waals surface area contributed by atoms with Crippen LogP contribution >= 0.6 is 0 Å². The SMILES string of the molecule is N#Cc1cccc(Nc2nc(N)nc3[nH]ncc23)c1. The third kappa shape index (κ3) is 2.02. The average Bonchev–Trinajstić information content (AvgIpc) is 2.87. The number of hydrogen-bond donors (Lipinski definition) is 3. The molecule has 2 heterocycles. The van der Waals surface area contributed by atoms with E-state index >= 15 is 0 Å². The van der Waals surface area contributed by atoms with Crippen molar-refractivity contribution in [3.63, 3.8) is 0 Å². The van der Waals surface area contributed by atoms with Crippen LogP contribution in [0.2, 0.25) is 0 Å². The van der Waals surface area contributed by atoms with Crippen molar-refractivity contribution in [2.75, 3.05) is 11.1 Å². The van der Waals surface area contributed by atoms with Gasteiger partial charge in [0, 0.05) is 5.69 Å². The van der Waals surface area contributed by atoms with Gasteiger partial charge in [-0.15, -0.1) is 0 Å². The van der Waals surface area contributed by atoms with Crippen molar-refractivity contribution < 1.29 is 0 Å². The lowest BCUT2D eigenvalue weighted by Crippen LogP contribution is -2.00. The highest BCUT2D eigenvalue weighted by Gasteiger charge is 2.08. The van der Waals surface area contributed by atoms with Crippen LogP contribution in [0, 0.1) is 11.3 Å². The Balaban J connectivity index is 2.05. The van der Waals surface area contributed by atoms with Crippen molar-refractivity contribution in [1.82, 2.24) is 20.2 Å². The summed E-state index contributed by atoms with van der Waals surface area (Å²) in [6.45, 7) is 0. The fraction of sp³-hybridized carbons (Fsp3) is 0. The van der Waals surface area contributed by atoms with E-state index in [1.807, 2.05) is 6.07 Å². The number of nitrogens with one attached hydrogen (secondary N) is 2. The molecular formula is C12H9N7. The number of anilines is 3. The van der Waals surface area contributed by atoms with Gasteiger partial charge in [-0.05, 0) is 18.2 Å². The number of nitriles is 1. The van der Waals surface area contributed by atoms with Gasteiger partial charge in [-0.3, -0.25) is 5.10 Å². The minimum Gasteiger partial charge on any atom is -0.368 e. The number of benzene rings is 1. The van der Waals surface area contributed by atoms with Crippen LogP contribution in [0.1, 0.15) is 5.56 Å². The van der Waals surface area contributed by atoms with Gasteiger partial charge in [0.25, 0.3) is 0 Å². The molecule has 3 aromatic rings. The first-order chi connectivity index (χ1) is 9.26. The Bertz CT molecular complexity index is 784. The summed E-state index contributed by atoms with van der Waals surface area (Å²) in [5.74, 6) is 0.696. The van der Waals surface area contributed by atoms with E-state index in [2.05, 4.69) is 31.6 Å². The first kappa shape index (κ1) is 11.0. The summed E-state index contributed by atoms with van der Waals surface area (Å²) in [7, 11) is 0. The number of nitrogens with two attached hydrogens (primary N) is 1. The summed E-state index contributed by atoms with van der Waals surface area (Å²) in [5, 5.41) is 19.4. The molecule has 0 aliphatic heterocycles. The van der Waals surface area contributed by atoms with Gasteiger partial charge in [0.05, 0.1) is 23.2 Å². The van der Waals surface area contributed by atoms with E-state index in [9.17, 15) is 0 Å². The summed E-state index contributed by atoms with van der Waals surface area (Å²) in [5.41, 5.74) is 7.51. The monoisotopic (exact) mass is 251 g/mol. The highest BCUT2D eigenvalue weighted by molar-refractivity contribution is 5.88. The first-order valence-corrected chi connectivity index (χ1v) is 5.50. The minimum atomic E-state index is 0.149. The third-order valence-corrected chi connectivity index (χ3v) is 2.58. The Labute approximate surface area is 108 Å². The standard InChI is InChI=1S/C12H9N7/c13-5-7-2-1-3-8(4-7)16-10-9-6-15-19-11(9)18-12(14)17-10/h1-4,6H,(H4,14,15,16,17,18,19). The number of nitrogen functional groups attached to an aromatic ring is 1. The predicted octanol–water partition coefficient (Wildman–Crippen LogP) is 1.55. The molecule has 1 aromatic carbocycles. The molecule has 7 nitrogen and oxygen atoms in total. The van der Waals surface area contributed by atoms with Crippen LogP contribution in [0.4, 0.5) is 17.5 Å². The molecule has 2 aromatic heterocycles. The number of hydrogen-bond acceptors (Lipinski definition) is 6. The van der Waals surface area contributed by atoms with Crippen molar-refractivity contribution in [2.45, 2.75) is 0 Å². The van der Waals surface area contributed by atoms with Gasteiger partial charge in [0.1, 0.15) is 5.82 Å². The van der Waals surface area contributed by atoms with Gasteiger partial charge >= 0.3 is 0 Å². The molecule has 0 aliphatic rings. The van der Waals surface area contributed by atoms with Crippen LogP contribution in [0.15, 0.2) is 30.5 Å². The number of aromatic nitrogens is 4. The zero-order valence-electron chi connectivity index (χ0n) is 9.75. The smallest absolute Gasteiger partial charge is 0.224 e. The highest BCUT2D eigenvalue weighted by Crippen LogP contribution is 2.23. The van der Waals surface area contributed by atoms with Crippen LogP contribution in [-0.2, 0) is 0 Å². The lowest BCUT2D eigenvalue weighted by molar-refractivity contribution is 1.09. The van der Waals surface area contributed by atoms with Crippen LogP contribution < -0.4 is 11.1 Å². The van der Waals surface area contributed by atoms with Gasteiger partial charge in [-0.25, -0.2) is 0 Å². The second kappa shape index (κ2) is 4.27. The normalized spacial score (nSPS) is 10.3. The van der Waals surface area contributed by atoms with Gasteiger partial charge in [-0.1, -0.05) is 6.07 Å². The first-order valence-electron chi connectivity index (χ1n) is 5.50. The van der Waals surface area contributed by atoms with E-state index in [1.54, 1.807) is 24.4 Å². The van der Waals surface area contributed by atoms with Crippen molar-refractivity contribution in [3.8, 4) is 6.07 Å². The van der Waals surface area contributed by atoms with Gasteiger partial charge in [-0.2, -0.15) is 20.3 Å². The molecule has 0 saturated carbocycles. The zero-order valence-corrected chi connectivity index (χ0v) is 9.75. The van der Waals surface area contributed by atoms with Crippen molar-refractivity contribution >= 4 is 28.5 Å². The van der Waals surface area contributed by atoms with Crippen LogP contribution in [0.5, 0.6) is 0 Å². The van der Waals surface area contributed by atoms with E-state index in [0.29, 0.717) is 17.0 Å². The Hall–Kier alpha value is -3.14. The molecule has 3 rings (SSSR count). The highest BCUT2D eigenvalue weighted by atomic mass is 15.2. The van der Waals surface area contributed by atoms with E-state index in [0.717, 1.165) is 11.1 Å². The maximum atomic E-state index is 8.87. The van der Waals surface area contributed by atoms with Gasteiger partial charge in [0.2, 0.25) is 5.95 Å². The van der Waals surface area contributed by atoms with Crippen LogP contribution in [0.25, 0.3) is 11.0 Å². The molecule has 0 fully saturated rings. The fourth-order valence-electron chi connectivity index (χ4n) is 1.75. The molecule has 19 heavy (non-hydrogen) atoms. The average molecular weight is 251 g/mol. The zero-order chi connectivity index (χ0) is 13.2. The number of aromatic amines is 1. The Morgan fingerprint density at radius 1 is 1.32 bits per heavy atom. The molecule has 0 bridgehead atoms. The number of H-pyrrole nitrogens is 1. The summed E-state index contributed by atoms with van der Waals surface area (Å²) in [6, 6.07) is 9.16. The van der Waals surface area contributed by atoms with Crippen molar-refractivity contribution in [1.29, 1.82) is 5.26 Å². The molecule has 0 amide bonds. The summed E-state index contributed by atoms with van der Waals surface area (Å²) < 4.78 is 0. The van der Waals surface area contributed by atoms with E-state index in [1.165, 1.54) is 0 Å². The molecular weight excluding hydrogens is 242 g/mol. The second-order valence-corrected chi connectivity index (χ2v) is 3.88. The quantitative estimate of drug-likeness (QED) is 0.636. The summed E-state index contributed by atoms with van der Waals surface area (Å²) in [6.07, 6.45) is 1.62. The minimum absolute atomic E-state index is 0.149. The molecule has 7 heteroatoms. The molecule has 0 radical (unpaired) electrons. The maximum Gasteiger partial charge on any atom is 0.224 e. The molecule has 0 unspecified atom stereocenters. The molecule has 0 spiro atoms. The fourth-order valence-corrected chi connectivity index (χ4v) is 1.75. The molecule has 4 N–H and O–H groups in total. The van der Waals surface area contributed by atoms with Crippen molar-refractivity contribution in [3.05, 3.63) is 36.0 Å². The van der Waals surface area contributed by atoms with E-state index in [4.69, 9.17) is 11.0 Å². The van der Waals surface area contributed by atoms with Crippen LogP contribution in [-0.4, -0.2) is 20.2 Å². The number of fused-ring (bicyclic) bond motifs is 1. The lowest BCUT2D eigenvalue weighted by Gasteiger charge is -2.07. The molecule has 92 valence electrons. The molecule has 0 aliphatic carbocycles. The Morgan fingerprint density at radius 2 is 2.21 bits per heavy atom.